The quantitative estimate of drug-likeness (QED) is 0.718. The first-order valence-electron chi connectivity index (χ1n) is 9.58. The minimum Gasteiger partial charge on any atom is -0.457 e. The van der Waals surface area contributed by atoms with Crippen LogP contribution in [0.3, 0.4) is 0 Å². The summed E-state index contributed by atoms with van der Waals surface area (Å²) in [5.74, 6) is 2.20. The minimum atomic E-state index is -2.90. The van der Waals surface area contributed by atoms with Crippen molar-refractivity contribution in [2.24, 2.45) is 0 Å². The third-order valence-electron chi connectivity index (χ3n) is 5.15. The van der Waals surface area contributed by atoms with Crippen molar-refractivity contribution in [1.82, 2.24) is 0 Å². The number of rotatable bonds is 6. The van der Waals surface area contributed by atoms with Crippen LogP contribution in [0.15, 0.2) is 48.5 Å². The summed E-state index contributed by atoms with van der Waals surface area (Å²) in [5, 5.41) is 6.50. The van der Waals surface area contributed by atoms with Crippen LogP contribution in [0, 0.1) is 0 Å². The average Bonchev–Trinajstić information content (AvgIpc) is 3.19. The van der Waals surface area contributed by atoms with E-state index >= 15 is 0 Å². The maximum atomic E-state index is 11.5. The molecule has 2 fully saturated rings. The largest absolute Gasteiger partial charge is 0.457 e. The van der Waals surface area contributed by atoms with E-state index in [-0.39, 0.29) is 35.1 Å². The van der Waals surface area contributed by atoms with E-state index < -0.39 is 19.7 Å². The average molecular weight is 437 g/mol. The van der Waals surface area contributed by atoms with E-state index in [1.165, 1.54) is 0 Å². The second-order valence-corrected chi connectivity index (χ2v) is 12.1. The van der Waals surface area contributed by atoms with Gasteiger partial charge in [0, 0.05) is 23.5 Å². The number of benzene rings is 2. The Morgan fingerprint density at radius 2 is 1.03 bits per heavy atom. The van der Waals surface area contributed by atoms with E-state index in [9.17, 15) is 16.8 Å². The normalized spacial score (nSPS) is 24.8. The monoisotopic (exact) mass is 436 g/mol. The van der Waals surface area contributed by atoms with E-state index in [0.29, 0.717) is 24.3 Å². The van der Waals surface area contributed by atoms with Gasteiger partial charge < -0.3 is 15.4 Å². The molecule has 4 rings (SSSR count). The van der Waals surface area contributed by atoms with Gasteiger partial charge in [-0.05, 0) is 61.4 Å². The summed E-state index contributed by atoms with van der Waals surface area (Å²) in [4.78, 5) is 0. The number of nitrogens with one attached hydrogen (secondary N) is 2. The van der Waals surface area contributed by atoms with Crippen molar-refractivity contribution in [3.63, 3.8) is 0 Å². The maximum Gasteiger partial charge on any atom is 0.152 e. The predicted molar refractivity (Wildman–Crippen MR) is 114 cm³/mol. The molecule has 2 heterocycles. The fraction of sp³-hybridized carbons (Fsp3) is 0.400. The van der Waals surface area contributed by atoms with E-state index in [4.69, 9.17) is 4.74 Å². The summed E-state index contributed by atoms with van der Waals surface area (Å²) in [5.41, 5.74) is 1.73. The lowest BCUT2D eigenvalue weighted by atomic mass is 10.2. The molecule has 0 aromatic heterocycles. The first-order valence-corrected chi connectivity index (χ1v) is 13.2. The van der Waals surface area contributed by atoms with Crippen LogP contribution in [0.2, 0.25) is 0 Å². The molecule has 2 aliphatic heterocycles. The number of hydrogen-bond donors (Lipinski definition) is 2. The fourth-order valence-corrected chi connectivity index (χ4v) is 7.01. The van der Waals surface area contributed by atoms with E-state index in [0.717, 1.165) is 11.4 Å². The molecule has 0 aliphatic carbocycles. The smallest absolute Gasteiger partial charge is 0.152 e. The number of hydrogen-bond acceptors (Lipinski definition) is 7. The van der Waals surface area contributed by atoms with E-state index in [2.05, 4.69) is 10.6 Å². The van der Waals surface area contributed by atoms with Crippen molar-refractivity contribution >= 4 is 31.0 Å². The third kappa shape index (κ3) is 5.42. The van der Waals surface area contributed by atoms with Crippen LogP contribution in [0.4, 0.5) is 11.4 Å². The van der Waals surface area contributed by atoms with Gasteiger partial charge in [0.1, 0.15) is 11.5 Å². The summed E-state index contributed by atoms with van der Waals surface area (Å²) >= 11 is 0. The zero-order valence-electron chi connectivity index (χ0n) is 15.9. The first kappa shape index (κ1) is 20.0. The van der Waals surface area contributed by atoms with Crippen LogP contribution in [0.5, 0.6) is 11.5 Å². The molecule has 0 radical (unpaired) electrons. The van der Waals surface area contributed by atoms with Crippen LogP contribution >= 0.6 is 0 Å². The standard InChI is InChI=1S/C20H24N2O5S2/c23-28(24)11-9-17(13-28)21-15-1-5-19(6-2-15)27-20-7-3-16(4-8-20)22-18-10-12-29(25,26)14-18/h1-8,17-18,21-22H,9-14H2. The van der Waals surface area contributed by atoms with Gasteiger partial charge in [-0.25, -0.2) is 16.8 Å². The summed E-state index contributed by atoms with van der Waals surface area (Å²) in [6, 6.07) is 14.7. The second kappa shape index (κ2) is 7.87. The molecule has 156 valence electrons. The second-order valence-electron chi connectivity index (χ2n) is 7.64. The van der Waals surface area contributed by atoms with Gasteiger partial charge in [-0.15, -0.1) is 0 Å². The number of ether oxygens (including phenoxy) is 1. The van der Waals surface area contributed by atoms with E-state index in [1.807, 2.05) is 48.5 Å². The van der Waals surface area contributed by atoms with Gasteiger partial charge in [-0.3, -0.25) is 0 Å². The fourth-order valence-electron chi connectivity index (χ4n) is 3.66. The highest BCUT2D eigenvalue weighted by Gasteiger charge is 2.28. The Labute approximate surface area is 171 Å². The molecule has 9 heteroatoms. The molecule has 2 aliphatic rings. The zero-order valence-corrected chi connectivity index (χ0v) is 17.5. The van der Waals surface area contributed by atoms with Crippen LogP contribution < -0.4 is 15.4 Å². The first-order chi connectivity index (χ1) is 13.8. The Balaban J connectivity index is 1.31. The summed E-state index contributed by atoms with van der Waals surface area (Å²) in [6.07, 6.45) is 1.27. The Kier molecular flexibility index (Phi) is 5.44. The van der Waals surface area contributed by atoms with Gasteiger partial charge in [-0.2, -0.15) is 0 Å². The van der Waals surface area contributed by atoms with Crippen molar-refractivity contribution in [2.45, 2.75) is 24.9 Å². The van der Waals surface area contributed by atoms with Crippen LogP contribution in [-0.4, -0.2) is 51.9 Å². The van der Waals surface area contributed by atoms with Gasteiger partial charge in [0.2, 0.25) is 0 Å². The lowest BCUT2D eigenvalue weighted by molar-refractivity contribution is 0.483. The topological polar surface area (TPSA) is 102 Å². The Hall–Kier alpha value is -2.26. The summed E-state index contributed by atoms with van der Waals surface area (Å²) in [7, 11) is -5.81. The molecule has 2 aromatic rings. The van der Waals surface area contributed by atoms with Crippen molar-refractivity contribution in [3.8, 4) is 11.5 Å². The lowest BCUT2D eigenvalue weighted by Gasteiger charge is -2.14. The molecule has 7 nitrogen and oxygen atoms in total. The van der Waals surface area contributed by atoms with Crippen molar-refractivity contribution < 1.29 is 21.6 Å². The zero-order chi connectivity index (χ0) is 20.5. The highest BCUT2D eigenvalue weighted by Crippen LogP contribution is 2.26. The number of anilines is 2. The van der Waals surface area contributed by atoms with Gasteiger partial charge >= 0.3 is 0 Å². The molecule has 0 saturated carbocycles. The van der Waals surface area contributed by atoms with Gasteiger partial charge in [0.25, 0.3) is 0 Å². The molecule has 2 atom stereocenters. The van der Waals surface area contributed by atoms with Gasteiger partial charge in [0.15, 0.2) is 19.7 Å². The highest BCUT2D eigenvalue weighted by molar-refractivity contribution is 7.91. The van der Waals surface area contributed by atoms with Gasteiger partial charge in [-0.1, -0.05) is 0 Å². The van der Waals surface area contributed by atoms with Crippen LogP contribution in [0.1, 0.15) is 12.8 Å². The van der Waals surface area contributed by atoms with Crippen LogP contribution in [-0.2, 0) is 19.7 Å². The molecule has 0 bridgehead atoms. The lowest BCUT2D eigenvalue weighted by Crippen LogP contribution is -2.20. The maximum absolute atomic E-state index is 11.5. The number of sulfone groups is 2. The molecular formula is C20H24N2O5S2. The summed E-state index contributed by atoms with van der Waals surface area (Å²) in [6.45, 7) is 0. The molecule has 29 heavy (non-hydrogen) atoms. The predicted octanol–water partition coefficient (Wildman–Crippen LogP) is 2.68. The molecule has 2 unspecified atom stereocenters. The third-order valence-corrected chi connectivity index (χ3v) is 8.69. The minimum absolute atomic E-state index is 0.0401. The molecular weight excluding hydrogens is 412 g/mol. The van der Waals surface area contributed by atoms with Crippen molar-refractivity contribution in [2.75, 3.05) is 33.6 Å². The van der Waals surface area contributed by atoms with Crippen molar-refractivity contribution in [1.29, 1.82) is 0 Å². The molecule has 0 spiro atoms. The Morgan fingerprint density at radius 1 is 0.655 bits per heavy atom. The summed E-state index contributed by atoms with van der Waals surface area (Å²) < 4.78 is 52.0. The Bertz CT molecular complexity index is 977. The molecule has 0 amide bonds. The molecule has 2 saturated heterocycles. The van der Waals surface area contributed by atoms with Gasteiger partial charge in [0.05, 0.1) is 23.0 Å². The van der Waals surface area contributed by atoms with Crippen LogP contribution in [0.25, 0.3) is 0 Å². The molecule has 2 aromatic carbocycles. The highest BCUT2D eigenvalue weighted by atomic mass is 32.2. The Morgan fingerprint density at radius 3 is 1.34 bits per heavy atom. The molecule has 2 N–H and O–H groups in total. The van der Waals surface area contributed by atoms with E-state index in [1.54, 1.807) is 0 Å². The van der Waals surface area contributed by atoms with Crippen molar-refractivity contribution in [3.05, 3.63) is 48.5 Å². The SMILES string of the molecule is O=S1(=O)CCC(Nc2ccc(Oc3ccc(NC4CCS(=O)(=O)C4)cc3)cc2)C1.